The first-order chi connectivity index (χ1) is 11.8. The van der Waals surface area contributed by atoms with Gasteiger partial charge in [0.1, 0.15) is 0 Å². The third-order valence-electron chi connectivity index (χ3n) is 4.29. The highest BCUT2D eigenvalue weighted by atomic mass is 16.2. The van der Waals surface area contributed by atoms with Crippen molar-refractivity contribution >= 4 is 11.8 Å². The first-order valence-electron chi connectivity index (χ1n) is 8.04. The molecule has 2 aliphatic rings. The molecule has 1 aromatic heterocycles. The first kappa shape index (κ1) is 14.6. The molecular formula is C18H19N5O. The largest absolute Gasteiger partial charge is 0.334 e. The van der Waals surface area contributed by atoms with Gasteiger partial charge in [-0.25, -0.2) is 4.79 Å². The van der Waals surface area contributed by atoms with E-state index in [4.69, 9.17) is 0 Å². The maximum atomic E-state index is 12.4. The number of aromatic amines is 1. The van der Waals surface area contributed by atoms with Crippen molar-refractivity contribution < 1.29 is 4.79 Å². The van der Waals surface area contributed by atoms with E-state index in [1.54, 1.807) is 4.90 Å². The number of nitrogens with zero attached hydrogens (tertiary/aromatic N) is 3. The summed E-state index contributed by atoms with van der Waals surface area (Å²) in [5.41, 5.74) is 3.21. The molecule has 24 heavy (non-hydrogen) atoms. The van der Waals surface area contributed by atoms with Gasteiger partial charge in [0.2, 0.25) is 0 Å². The van der Waals surface area contributed by atoms with Gasteiger partial charge in [-0.15, -0.1) is 0 Å². The SMILES string of the molecule is O=C(NCc1ccccc1)N1Cc2[nH]nc(N3C=CC=CC3)c2C1. The van der Waals surface area contributed by atoms with Crippen LogP contribution in [0.5, 0.6) is 0 Å². The van der Waals surface area contributed by atoms with Crippen molar-refractivity contribution in [3.05, 3.63) is 71.6 Å². The summed E-state index contributed by atoms with van der Waals surface area (Å²) in [5.74, 6) is 0.906. The molecule has 6 heteroatoms. The highest BCUT2D eigenvalue weighted by Gasteiger charge is 2.29. The smallest absolute Gasteiger partial charge is 0.318 e. The van der Waals surface area contributed by atoms with Crippen molar-refractivity contribution in [3.63, 3.8) is 0 Å². The number of amides is 2. The van der Waals surface area contributed by atoms with Gasteiger partial charge in [-0.3, -0.25) is 5.10 Å². The van der Waals surface area contributed by atoms with E-state index in [0.29, 0.717) is 19.6 Å². The number of benzene rings is 1. The molecule has 2 aromatic rings. The monoisotopic (exact) mass is 321 g/mol. The van der Waals surface area contributed by atoms with Gasteiger partial charge in [0.25, 0.3) is 0 Å². The third-order valence-corrected chi connectivity index (χ3v) is 4.29. The molecule has 3 heterocycles. The highest BCUT2D eigenvalue weighted by molar-refractivity contribution is 5.75. The first-order valence-corrected chi connectivity index (χ1v) is 8.04. The Morgan fingerprint density at radius 3 is 2.88 bits per heavy atom. The fourth-order valence-corrected chi connectivity index (χ4v) is 3.02. The van der Waals surface area contributed by atoms with Crippen LogP contribution in [0, 0.1) is 0 Å². The summed E-state index contributed by atoms with van der Waals surface area (Å²) in [5, 5.41) is 10.5. The van der Waals surface area contributed by atoms with Gasteiger partial charge in [0.15, 0.2) is 5.82 Å². The Morgan fingerprint density at radius 1 is 1.21 bits per heavy atom. The van der Waals surface area contributed by atoms with Gasteiger partial charge in [-0.1, -0.05) is 42.5 Å². The van der Waals surface area contributed by atoms with Gasteiger partial charge < -0.3 is 15.1 Å². The second kappa shape index (κ2) is 6.23. The van der Waals surface area contributed by atoms with Crippen molar-refractivity contribution in [2.75, 3.05) is 11.4 Å². The second-order valence-corrected chi connectivity index (χ2v) is 5.93. The predicted molar refractivity (Wildman–Crippen MR) is 92.1 cm³/mol. The number of urea groups is 1. The van der Waals surface area contributed by atoms with Gasteiger partial charge in [-0.05, 0) is 11.6 Å². The van der Waals surface area contributed by atoms with E-state index >= 15 is 0 Å². The average molecular weight is 321 g/mol. The van der Waals surface area contributed by atoms with Crippen LogP contribution in [0.4, 0.5) is 10.6 Å². The quantitative estimate of drug-likeness (QED) is 0.913. The van der Waals surface area contributed by atoms with Crippen molar-refractivity contribution in [2.24, 2.45) is 0 Å². The molecule has 2 aliphatic heterocycles. The summed E-state index contributed by atoms with van der Waals surface area (Å²) in [7, 11) is 0. The molecule has 122 valence electrons. The zero-order valence-corrected chi connectivity index (χ0v) is 13.3. The van der Waals surface area contributed by atoms with Crippen LogP contribution < -0.4 is 10.2 Å². The Morgan fingerprint density at radius 2 is 2.08 bits per heavy atom. The fraction of sp³-hybridized carbons (Fsp3) is 0.222. The number of rotatable bonds is 3. The number of H-pyrrole nitrogens is 1. The second-order valence-electron chi connectivity index (χ2n) is 5.93. The lowest BCUT2D eigenvalue weighted by Crippen LogP contribution is -2.36. The van der Waals surface area contributed by atoms with E-state index < -0.39 is 0 Å². The molecule has 0 saturated heterocycles. The van der Waals surface area contributed by atoms with Crippen LogP contribution in [0.25, 0.3) is 0 Å². The lowest BCUT2D eigenvalue weighted by Gasteiger charge is -2.20. The van der Waals surface area contributed by atoms with Crippen molar-refractivity contribution in [2.45, 2.75) is 19.6 Å². The van der Waals surface area contributed by atoms with E-state index in [-0.39, 0.29) is 6.03 Å². The number of hydrogen-bond acceptors (Lipinski definition) is 3. The number of carbonyl (C=O) groups is 1. The Kier molecular flexibility index (Phi) is 3.78. The normalized spacial score (nSPS) is 15.7. The molecule has 2 amide bonds. The van der Waals surface area contributed by atoms with Crippen molar-refractivity contribution in [3.8, 4) is 0 Å². The number of fused-ring (bicyclic) bond motifs is 1. The van der Waals surface area contributed by atoms with Gasteiger partial charge in [-0.2, -0.15) is 5.10 Å². The lowest BCUT2D eigenvalue weighted by atomic mass is 10.2. The van der Waals surface area contributed by atoms with Gasteiger partial charge in [0.05, 0.1) is 18.8 Å². The van der Waals surface area contributed by atoms with Crippen LogP contribution in [0.2, 0.25) is 0 Å². The number of carbonyl (C=O) groups excluding carboxylic acids is 1. The van der Waals surface area contributed by atoms with Crippen LogP contribution in [-0.4, -0.2) is 27.7 Å². The zero-order valence-electron chi connectivity index (χ0n) is 13.3. The summed E-state index contributed by atoms with van der Waals surface area (Å²) in [6.45, 7) is 2.48. The van der Waals surface area contributed by atoms with Crippen LogP contribution in [0.1, 0.15) is 16.8 Å². The average Bonchev–Trinajstić information content (AvgIpc) is 3.22. The summed E-state index contributed by atoms with van der Waals surface area (Å²) in [4.78, 5) is 16.3. The van der Waals surface area contributed by atoms with Gasteiger partial charge >= 0.3 is 6.03 Å². The number of aromatic nitrogens is 2. The van der Waals surface area contributed by atoms with Crippen LogP contribution in [0.15, 0.2) is 54.8 Å². The standard InChI is InChI=1S/C18H19N5O/c24-18(19-11-14-7-3-1-4-8-14)23-12-15-16(13-23)20-21-17(15)22-9-5-2-6-10-22/h1-9H,10-13H2,(H,19,24)(H,20,21). The maximum Gasteiger partial charge on any atom is 0.318 e. The summed E-state index contributed by atoms with van der Waals surface area (Å²) in [6.07, 6.45) is 8.10. The number of anilines is 1. The van der Waals surface area contributed by atoms with E-state index in [1.807, 2.05) is 48.7 Å². The lowest BCUT2D eigenvalue weighted by molar-refractivity contribution is 0.197. The molecule has 0 unspecified atom stereocenters. The molecule has 1 aromatic carbocycles. The van der Waals surface area contributed by atoms with E-state index in [9.17, 15) is 4.79 Å². The summed E-state index contributed by atoms with van der Waals surface area (Å²) < 4.78 is 0. The summed E-state index contributed by atoms with van der Waals surface area (Å²) >= 11 is 0. The van der Waals surface area contributed by atoms with Crippen molar-refractivity contribution in [1.29, 1.82) is 0 Å². The zero-order chi connectivity index (χ0) is 16.4. The molecule has 0 fully saturated rings. The molecule has 2 N–H and O–H groups in total. The van der Waals surface area contributed by atoms with Crippen LogP contribution in [0.3, 0.4) is 0 Å². The minimum Gasteiger partial charge on any atom is -0.334 e. The minimum absolute atomic E-state index is 0.0523. The Labute approximate surface area is 140 Å². The highest BCUT2D eigenvalue weighted by Crippen LogP contribution is 2.30. The topological polar surface area (TPSA) is 64.3 Å². The van der Waals surface area contributed by atoms with Crippen LogP contribution >= 0.6 is 0 Å². The Balaban J connectivity index is 1.40. The molecule has 0 bridgehead atoms. The molecule has 6 nitrogen and oxygen atoms in total. The summed E-state index contributed by atoms with van der Waals surface area (Å²) in [6, 6.07) is 9.87. The molecule has 0 saturated carbocycles. The number of allylic oxidation sites excluding steroid dienone is 2. The molecule has 0 atom stereocenters. The van der Waals surface area contributed by atoms with E-state index in [1.165, 1.54) is 0 Å². The van der Waals surface area contributed by atoms with E-state index in [2.05, 4.69) is 26.5 Å². The number of hydrogen-bond donors (Lipinski definition) is 2. The van der Waals surface area contributed by atoms with Crippen molar-refractivity contribution in [1.82, 2.24) is 20.4 Å². The molecular weight excluding hydrogens is 302 g/mol. The van der Waals surface area contributed by atoms with E-state index in [0.717, 1.165) is 29.2 Å². The fourth-order valence-electron chi connectivity index (χ4n) is 3.02. The molecule has 0 aliphatic carbocycles. The number of nitrogens with one attached hydrogen (secondary N) is 2. The van der Waals surface area contributed by atoms with Gasteiger partial charge in [0, 0.05) is 24.9 Å². The Bertz CT molecular complexity index is 793. The Hall–Kier alpha value is -3.02. The van der Waals surface area contributed by atoms with Crippen LogP contribution in [-0.2, 0) is 19.6 Å². The molecule has 0 spiro atoms. The predicted octanol–water partition coefficient (Wildman–Crippen LogP) is 2.53. The minimum atomic E-state index is -0.0523. The maximum absolute atomic E-state index is 12.4. The third kappa shape index (κ3) is 2.78. The molecule has 4 rings (SSSR count). The molecule has 0 radical (unpaired) electrons.